The molecular weight excluding hydrogens is 382 g/mol. The van der Waals surface area contributed by atoms with Crippen molar-refractivity contribution in [2.24, 2.45) is 5.92 Å². The van der Waals surface area contributed by atoms with Gasteiger partial charge in [0, 0.05) is 23.2 Å². The lowest BCUT2D eigenvalue weighted by molar-refractivity contribution is -0.140. The van der Waals surface area contributed by atoms with Gasteiger partial charge in [-0.15, -0.1) is 0 Å². The zero-order valence-corrected chi connectivity index (χ0v) is 17.7. The smallest absolute Gasteiger partial charge is 0.331 e. The first-order valence-corrected chi connectivity index (χ1v) is 9.86. The summed E-state index contributed by atoms with van der Waals surface area (Å²) in [7, 11) is 0. The fourth-order valence-corrected chi connectivity index (χ4v) is 2.51. The highest BCUT2D eigenvalue weighted by molar-refractivity contribution is 6.01. The van der Waals surface area contributed by atoms with E-state index in [1.165, 1.54) is 13.0 Å². The van der Waals surface area contributed by atoms with E-state index in [1.807, 2.05) is 31.2 Å². The number of Topliss-reactive ketones (excluding diaryl/α,β-unsaturated/α-hetero) is 1. The zero-order chi connectivity index (χ0) is 22.1. The van der Waals surface area contributed by atoms with Gasteiger partial charge in [0.15, 0.2) is 6.10 Å². The summed E-state index contributed by atoms with van der Waals surface area (Å²) in [4.78, 5) is 36.3. The van der Waals surface area contributed by atoms with Gasteiger partial charge in [-0.1, -0.05) is 26.0 Å². The summed E-state index contributed by atoms with van der Waals surface area (Å²) in [5.74, 6) is -0.409. The molecule has 30 heavy (non-hydrogen) atoms. The van der Waals surface area contributed by atoms with Crippen molar-refractivity contribution >= 4 is 29.4 Å². The Morgan fingerprint density at radius 1 is 0.967 bits per heavy atom. The van der Waals surface area contributed by atoms with Gasteiger partial charge in [-0.3, -0.25) is 9.59 Å². The highest BCUT2D eigenvalue weighted by atomic mass is 16.5. The number of hydrogen-bond acceptors (Lipinski definition) is 5. The number of benzene rings is 2. The third-order valence-electron chi connectivity index (χ3n) is 4.23. The molecule has 0 aliphatic carbocycles. The van der Waals surface area contributed by atoms with Crippen molar-refractivity contribution in [2.75, 3.05) is 11.9 Å². The Hall–Kier alpha value is -3.41. The average molecular weight is 409 g/mol. The lowest BCUT2D eigenvalue weighted by Crippen LogP contribution is -2.23. The highest BCUT2D eigenvalue weighted by Crippen LogP contribution is 2.15. The van der Waals surface area contributed by atoms with Gasteiger partial charge in [-0.25, -0.2) is 4.79 Å². The van der Waals surface area contributed by atoms with Gasteiger partial charge in [0.25, 0.3) is 0 Å². The number of anilines is 1. The predicted molar refractivity (Wildman–Crippen MR) is 116 cm³/mol. The predicted octanol–water partition coefficient (Wildman–Crippen LogP) is 4.51. The molecule has 0 aromatic heterocycles. The molecule has 0 spiro atoms. The second-order valence-corrected chi connectivity index (χ2v) is 7.00. The molecule has 2 aromatic rings. The summed E-state index contributed by atoms with van der Waals surface area (Å²) >= 11 is 0. The quantitative estimate of drug-likeness (QED) is 0.374. The van der Waals surface area contributed by atoms with Gasteiger partial charge in [0.2, 0.25) is 11.7 Å². The molecule has 0 bridgehead atoms. The average Bonchev–Trinajstić information content (AvgIpc) is 2.73. The topological polar surface area (TPSA) is 81.7 Å². The van der Waals surface area contributed by atoms with Crippen molar-refractivity contribution < 1.29 is 23.9 Å². The molecular formula is C24H27NO5. The van der Waals surface area contributed by atoms with Crippen molar-refractivity contribution in [3.63, 3.8) is 0 Å². The number of amides is 1. The van der Waals surface area contributed by atoms with Gasteiger partial charge in [-0.05, 0) is 61.9 Å². The van der Waals surface area contributed by atoms with Crippen LogP contribution in [0.5, 0.6) is 5.75 Å². The molecule has 0 saturated carbocycles. The van der Waals surface area contributed by atoms with E-state index in [4.69, 9.17) is 9.47 Å². The van der Waals surface area contributed by atoms with Gasteiger partial charge in [-0.2, -0.15) is 0 Å². The molecule has 0 fully saturated rings. The SMILES string of the molecule is CCOc1ccc(/C=C/C(=O)OC(C)C(=O)c2ccc(NC(=O)C(C)C)cc2)cc1. The Kier molecular flexibility index (Phi) is 8.35. The summed E-state index contributed by atoms with van der Waals surface area (Å²) < 4.78 is 10.6. The maximum Gasteiger partial charge on any atom is 0.331 e. The molecule has 1 amide bonds. The summed E-state index contributed by atoms with van der Waals surface area (Å²) in [6.07, 6.45) is 1.96. The van der Waals surface area contributed by atoms with E-state index in [2.05, 4.69) is 5.32 Å². The first-order valence-electron chi connectivity index (χ1n) is 9.86. The summed E-state index contributed by atoms with van der Waals surface area (Å²) in [6, 6.07) is 13.8. The van der Waals surface area contributed by atoms with Crippen molar-refractivity contribution in [1.82, 2.24) is 0 Å². The van der Waals surface area contributed by atoms with Crippen LogP contribution >= 0.6 is 0 Å². The van der Waals surface area contributed by atoms with Gasteiger partial charge < -0.3 is 14.8 Å². The molecule has 0 aliphatic heterocycles. The molecule has 0 saturated heterocycles. The number of hydrogen-bond donors (Lipinski definition) is 1. The van der Waals surface area contributed by atoms with Crippen LogP contribution in [0.4, 0.5) is 5.69 Å². The molecule has 0 aliphatic rings. The number of ketones is 1. The number of carbonyl (C=O) groups is 3. The summed E-state index contributed by atoms with van der Waals surface area (Å²) in [6.45, 7) is 7.62. The van der Waals surface area contributed by atoms with Crippen LogP contribution in [-0.4, -0.2) is 30.4 Å². The van der Waals surface area contributed by atoms with Gasteiger partial charge in [0.1, 0.15) is 5.75 Å². The Morgan fingerprint density at radius 2 is 1.60 bits per heavy atom. The minimum absolute atomic E-state index is 0.101. The van der Waals surface area contributed by atoms with E-state index in [0.717, 1.165) is 11.3 Å². The van der Waals surface area contributed by atoms with Crippen LogP contribution in [0, 0.1) is 5.92 Å². The second-order valence-electron chi connectivity index (χ2n) is 7.00. The molecule has 0 radical (unpaired) electrons. The Bertz CT molecular complexity index is 898. The fourth-order valence-electron chi connectivity index (χ4n) is 2.51. The van der Waals surface area contributed by atoms with Gasteiger partial charge >= 0.3 is 5.97 Å². The molecule has 6 nitrogen and oxygen atoms in total. The number of ether oxygens (including phenoxy) is 2. The lowest BCUT2D eigenvalue weighted by Gasteiger charge is -2.12. The zero-order valence-electron chi connectivity index (χ0n) is 17.7. The van der Waals surface area contributed by atoms with E-state index in [1.54, 1.807) is 44.2 Å². The molecule has 2 aromatic carbocycles. The normalized spacial score (nSPS) is 11.9. The Morgan fingerprint density at radius 3 is 2.17 bits per heavy atom. The first-order chi connectivity index (χ1) is 14.3. The fraction of sp³-hybridized carbons (Fsp3) is 0.292. The van der Waals surface area contributed by atoms with E-state index < -0.39 is 12.1 Å². The van der Waals surface area contributed by atoms with Crippen LogP contribution in [0.2, 0.25) is 0 Å². The lowest BCUT2D eigenvalue weighted by atomic mass is 10.1. The van der Waals surface area contributed by atoms with Crippen LogP contribution in [0.1, 0.15) is 43.6 Å². The van der Waals surface area contributed by atoms with Crippen molar-refractivity contribution in [1.29, 1.82) is 0 Å². The van der Waals surface area contributed by atoms with E-state index >= 15 is 0 Å². The third kappa shape index (κ3) is 6.88. The molecule has 158 valence electrons. The van der Waals surface area contributed by atoms with Crippen LogP contribution < -0.4 is 10.1 Å². The molecule has 1 N–H and O–H groups in total. The molecule has 6 heteroatoms. The summed E-state index contributed by atoms with van der Waals surface area (Å²) in [5.41, 5.74) is 1.81. The van der Waals surface area contributed by atoms with E-state index in [0.29, 0.717) is 17.9 Å². The molecule has 1 unspecified atom stereocenters. The van der Waals surface area contributed by atoms with Crippen molar-refractivity contribution in [3.8, 4) is 5.75 Å². The number of carbonyl (C=O) groups excluding carboxylic acids is 3. The first kappa shape index (κ1) is 22.9. The summed E-state index contributed by atoms with van der Waals surface area (Å²) in [5, 5.41) is 2.76. The van der Waals surface area contributed by atoms with Crippen LogP contribution in [0.15, 0.2) is 54.6 Å². The number of rotatable bonds is 9. The molecule has 0 heterocycles. The van der Waals surface area contributed by atoms with Crippen molar-refractivity contribution in [3.05, 3.63) is 65.7 Å². The van der Waals surface area contributed by atoms with Crippen molar-refractivity contribution in [2.45, 2.75) is 33.8 Å². The maximum absolute atomic E-state index is 12.5. The van der Waals surface area contributed by atoms with E-state index in [9.17, 15) is 14.4 Å². The minimum Gasteiger partial charge on any atom is -0.494 e. The standard InChI is InChI=1S/C24H27NO5/c1-5-29-21-13-6-18(7-14-21)8-15-22(26)30-17(4)23(27)19-9-11-20(12-10-19)25-24(28)16(2)3/h6-17H,5H2,1-4H3,(H,25,28)/b15-8+. The molecule has 1 atom stereocenters. The van der Waals surface area contributed by atoms with Crippen LogP contribution in [0.25, 0.3) is 6.08 Å². The van der Waals surface area contributed by atoms with Crippen LogP contribution in [-0.2, 0) is 14.3 Å². The second kappa shape index (κ2) is 11.0. The Labute approximate surface area is 176 Å². The van der Waals surface area contributed by atoms with Crippen LogP contribution in [0.3, 0.4) is 0 Å². The minimum atomic E-state index is -0.932. The number of nitrogens with one attached hydrogen (secondary N) is 1. The largest absolute Gasteiger partial charge is 0.494 e. The monoisotopic (exact) mass is 409 g/mol. The molecule has 2 rings (SSSR count). The van der Waals surface area contributed by atoms with Gasteiger partial charge in [0.05, 0.1) is 6.61 Å². The Balaban J connectivity index is 1.91. The maximum atomic E-state index is 12.5. The van der Waals surface area contributed by atoms with E-state index in [-0.39, 0.29) is 17.6 Å². The number of esters is 1. The third-order valence-corrected chi connectivity index (χ3v) is 4.23. The highest BCUT2D eigenvalue weighted by Gasteiger charge is 2.18.